The first-order chi connectivity index (χ1) is 6.02. The molecule has 0 saturated carbocycles. The minimum absolute atomic E-state index is 0.573. The van der Waals surface area contributed by atoms with Crippen molar-refractivity contribution < 1.29 is 13.2 Å². The number of halogens is 3. The van der Waals surface area contributed by atoms with Crippen molar-refractivity contribution in [3.63, 3.8) is 0 Å². The monoisotopic (exact) mass is 191 g/mol. The quantitative estimate of drug-likeness (QED) is 0.478. The summed E-state index contributed by atoms with van der Waals surface area (Å²) in [7, 11) is 0. The Morgan fingerprint density at radius 3 is 2.38 bits per heavy atom. The second-order valence-electron chi connectivity index (χ2n) is 2.30. The van der Waals surface area contributed by atoms with Crippen molar-refractivity contribution in [1.82, 2.24) is 0 Å². The van der Waals surface area contributed by atoms with E-state index in [9.17, 15) is 13.2 Å². The van der Waals surface area contributed by atoms with E-state index in [1.807, 2.05) is 0 Å². The lowest BCUT2D eigenvalue weighted by molar-refractivity contribution is -0.0883. The van der Waals surface area contributed by atoms with Gasteiger partial charge in [-0.25, -0.2) is 0 Å². The van der Waals surface area contributed by atoms with Crippen LogP contribution in [0.1, 0.15) is 20.3 Å². The molecule has 0 bridgehead atoms. The Bertz CT molecular complexity index is 224. The van der Waals surface area contributed by atoms with Gasteiger partial charge in [-0.05, 0) is 13.3 Å². The highest BCUT2D eigenvalue weighted by atomic mass is 19.4. The van der Waals surface area contributed by atoms with Gasteiger partial charge < -0.3 is 0 Å². The fraction of sp³-hybridized carbons (Fsp3) is 0.444. The molecule has 0 amide bonds. The van der Waals surface area contributed by atoms with E-state index in [4.69, 9.17) is 0 Å². The average molecular weight is 191 g/mol. The zero-order chi connectivity index (χ0) is 10.3. The van der Waals surface area contributed by atoms with Gasteiger partial charge in [0.1, 0.15) is 0 Å². The fourth-order valence-electron chi connectivity index (χ4n) is 0.610. The summed E-state index contributed by atoms with van der Waals surface area (Å²) in [6.07, 6.45) is 0.858. The number of aliphatic imine (C=N–C) groups is 1. The predicted molar refractivity (Wildman–Crippen MR) is 47.7 cm³/mol. The SMILES string of the molecule is CC=N/C=C(\C=C/CC)C(F)(F)F. The van der Waals surface area contributed by atoms with Gasteiger partial charge in [-0.2, -0.15) is 13.2 Å². The molecule has 0 fully saturated rings. The smallest absolute Gasteiger partial charge is 0.269 e. The molecule has 0 aliphatic rings. The first-order valence-electron chi connectivity index (χ1n) is 3.94. The Labute approximate surface area is 75.7 Å². The molecule has 0 aromatic carbocycles. The third kappa shape index (κ3) is 5.22. The van der Waals surface area contributed by atoms with Crippen LogP contribution in [0.2, 0.25) is 0 Å². The third-order valence-electron chi connectivity index (χ3n) is 1.22. The Morgan fingerprint density at radius 2 is 2.00 bits per heavy atom. The van der Waals surface area contributed by atoms with Gasteiger partial charge in [-0.1, -0.05) is 19.1 Å². The number of rotatable bonds is 3. The molecule has 0 radical (unpaired) electrons. The molecule has 0 aromatic heterocycles. The maximum Gasteiger partial charge on any atom is 0.417 e. The molecule has 13 heavy (non-hydrogen) atoms. The van der Waals surface area contributed by atoms with E-state index in [-0.39, 0.29) is 0 Å². The summed E-state index contributed by atoms with van der Waals surface area (Å²) < 4.78 is 36.5. The first kappa shape index (κ1) is 11.9. The van der Waals surface area contributed by atoms with E-state index in [0.29, 0.717) is 6.42 Å². The van der Waals surface area contributed by atoms with Crippen LogP contribution in [0.5, 0.6) is 0 Å². The van der Waals surface area contributed by atoms with Gasteiger partial charge in [0.15, 0.2) is 0 Å². The Hall–Kier alpha value is -1.06. The molecule has 0 aliphatic carbocycles. The van der Waals surface area contributed by atoms with Crippen LogP contribution in [0.15, 0.2) is 28.9 Å². The highest BCUT2D eigenvalue weighted by molar-refractivity contribution is 5.54. The molecular weight excluding hydrogens is 179 g/mol. The van der Waals surface area contributed by atoms with Gasteiger partial charge in [-0.3, -0.25) is 4.99 Å². The van der Waals surface area contributed by atoms with Crippen molar-refractivity contribution in [3.8, 4) is 0 Å². The minimum atomic E-state index is -4.32. The third-order valence-corrected chi connectivity index (χ3v) is 1.22. The summed E-state index contributed by atoms with van der Waals surface area (Å²) in [5.41, 5.74) is -0.729. The van der Waals surface area contributed by atoms with Gasteiger partial charge >= 0.3 is 6.18 Å². The summed E-state index contributed by atoms with van der Waals surface area (Å²) in [6, 6.07) is 0. The van der Waals surface area contributed by atoms with E-state index in [1.165, 1.54) is 12.3 Å². The molecule has 0 N–H and O–H groups in total. The van der Waals surface area contributed by atoms with Crippen molar-refractivity contribution in [1.29, 1.82) is 0 Å². The molecule has 0 heterocycles. The average Bonchev–Trinajstić information content (AvgIpc) is 2.02. The summed E-state index contributed by atoms with van der Waals surface area (Å²) >= 11 is 0. The number of nitrogens with zero attached hydrogens (tertiary/aromatic N) is 1. The molecule has 0 saturated heterocycles. The molecule has 0 aliphatic heterocycles. The summed E-state index contributed by atoms with van der Waals surface area (Å²) in [5.74, 6) is 0. The van der Waals surface area contributed by atoms with Crippen LogP contribution >= 0.6 is 0 Å². The number of hydrogen-bond donors (Lipinski definition) is 0. The number of alkyl halides is 3. The van der Waals surface area contributed by atoms with Crippen LogP contribution in [0.3, 0.4) is 0 Å². The van der Waals surface area contributed by atoms with Crippen molar-refractivity contribution in [2.24, 2.45) is 4.99 Å². The molecule has 74 valence electrons. The molecular formula is C9H12F3N. The Morgan fingerprint density at radius 1 is 1.38 bits per heavy atom. The molecule has 4 heteroatoms. The van der Waals surface area contributed by atoms with Crippen LogP contribution in [-0.4, -0.2) is 12.4 Å². The largest absolute Gasteiger partial charge is 0.417 e. The predicted octanol–water partition coefficient (Wildman–Crippen LogP) is 3.49. The number of allylic oxidation sites excluding steroid dienone is 3. The standard InChI is InChI=1S/C9H12F3N/c1-3-5-6-8(7-13-4-2)9(10,11)12/h4-7H,3H2,1-2H3/b6-5-,8-7+,13-4?. The molecule has 0 unspecified atom stereocenters. The maximum atomic E-state index is 12.2. The summed E-state index contributed by atoms with van der Waals surface area (Å²) in [5, 5.41) is 0. The van der Waals surface area contributed by atoms with Gasteiger partial charge in [0.05, 0.1) is 5.57 Å². The van der Waals surface area contributed by atoms with Crippen LogP contribution in [0.25, 0.3) is 0 Å². The second-order valence-corrected chi connectivity index (χ2v) is 2.30. The molecule has 0 aromatic rings. The topological polar surface area (TPSA) is 12.4 Å². The molecule has 0 spiro atoms. The van der Waals surface area contributed by atoms with Gasteiger partial charge in [-0.15, -0.1) is 0 Å². The van der Waals surface area contributed by atoms with E-state index in [2.05, 4.69) is 4.99 Å². The number of hydrogen-bond acceptors (Lipinski definition) is 1. The minimum Gasteiger partial charge on any atom is -0.269 e. The van der Waals surface area contributed by atoms with E-state index < -0.39 is 11.7 Å². The molecule has 0 rings (SSSR count). The lowest BCUT2D eigenvalue weighted by Crippen LogP contribution is -2.09. The van der Waals surface area contributed by atoms with E-state index in [0.717, 1.165) is 12.3 Å². The zero-order valence-corrected chi connectivity index (χ0v) is 7.60. The first-order valence-corrected chi connectivity index (χ1v) is 3.94. The van der Waals surface area contributed by atoms with Gasteiger partial charge in [0, 0.05) is 12.4 Å². The maximum absolute atomic E-state index is 12.2. The second kappa shape index (κ2) is 5.56. The highest BCUT2D eigenvalue weighted by Crippen LogP contribution is 2.26. The van der Waals surface area contributed by atoms with Crippen molar-refractivity contribution in [2.75, 3.05) is 0 Å². The fourth-order valence-corrected chi connectivity index (χ4v) is 0.610. The van der Waals surface area contributed by atoms with Crippen molar-refractivity contribution in [3.05, 3.63) is 23.9 Å². The van der Waals surface area contributed by atoms with Crippen LogP contribution in [-0.2, 0) is 0 Å². The van der Waals surface area contributed by atoms with E-state index in [1.54, 1.807) is 13.8 Å². The molecule has 1 nitrogen and oxygen atoms in total. The summed E-state index contributed by atoms with van der Waals surface area (Å²) in [6.45, 7) is 3.33. The van der Waals surface area contributed by atoms with Crippen LogP contribution < -0.4 is 0 Å². The lowest BCUT2D eigenvalue weighted by atomic mass is 10.2. The molecule has 0 atom stereocenters. The lowest BCUT2D eigenvalue weighted by Gasteiger charge is -2.05. The van der Waals surface area contributed by atoms with E-state index >= 15 is 0 Å². The van der Waals surface area contributed by atoms with Crippen LogP contribution in [0, 0.1) is 0 Å². The van der Waals surface area contributed by atoms with Crippen molar-refractivity contribution >= 4 is 6.21 Å². The van der Waals surface area contributed by atoms with Crippen molar-refractivity contribution in [2.45, 2.75) is 26.4 Å². The Kier molecular flexibility index (Phi) is 5.11. The van der Waals surface area contributed by atoms with Gasteiger partial charge in [0.2, 0.25) is 0 Å². The Balaban J connectivity index is 4.66. The van der Waals surface area contributed by atoms with Crippen LogP contribution in [0.4, 0.5) is 13.2 Å². The summed E-state index contributed by atoms with van der Waals surface area (Å²) in [4.78, 5) is 3.43. The highest BCUT2D eigenvalue weighted by Gasteiger charge is 2.31. The normalized spacial score (nSPS) is 14.7. The van der Waals surface area contributed by atoms with Gasteiger partial charge in [0.25, 0.3) is 0 Å². The zero-order valence-electron chi connectivity index (χ0n) is 7.60.